The molecule has 2 nitrogen and oxygen atoms in total. The van der Waals surface area contributed by atoms with Gasteiger partial charge in [-0.2, -0.15) is 0 Å². The molecule has 1 aromatic rings. The van der Waals surface area contributed by atoms with Crippen LogP contribution in [0.25, 0.3) is 0 Å². The molecule has 0 aliphatic carbocycles. The highest BCUT2D eigenvalue weighted by molar-refractivity contribution is 6.58. The molecule has 0 aliphatic heterocycles. The summed E-state index contributed by atoms with van der Waals surface area (Å²) in [6.45, 7) is 5.76. The number of rotatable bonds is 1. The quantitative estimate of drug-likeness (QED) is 0.674. The molecular weight excluding hydrogens is 182 g/mol. The van der Waals surface area contributed by atoms with E-state index in [2.05, 4.69) is 0 Å². The van der Waals surface area contributed by atoms with Gasteiger partial charge in [0.25, 0.3) is 0 Å². The van der Waals surface area contributed by atoms with Crippen molar-refractivity contribution in [3.05, 3.63) is 29.6 Å². The highest BCUT2D eigenvalue weighted by Crippen LogP contribution is 1.98. The lowest BCUT2D eigenvalue weighted by atomic mass is 9.79. The Kier molecular flexibility index (Phi) is 8.39. The van der Waals surface area contributed by atoms with Crippen molar-refractivity contribution in [3.63, 3.8) is 0 Å². The molecule has 1 rings (SSSR count). The van der Waals surface area contributed by atoms with E-state index in [4.69, 9.17) is 10.0 Å². The van der Waals surface area contributed by atoms with Gasteiger partial charge < -0.3 is 10.0 Å². The summed E-state index contributed by atoms with van der Waals surface area (Å²) in [6, 6.07) is 4.19. The van der Waals surface area contributed by atoms with Gasteiger partial charge in [0.05, 0.1) is 0 Å². The second-order valence-corrected chi connectivity index (χ2v) is 2.40. The second-order valence-electron chi connectivity index (χ2n) is 2.40. The van der Waals surface area contributed by atoms with Crippen LogP contribution in [-0.4, -0.2) is 17.2 Å². The Morgan fingerprint density at radius 3 is 2.07 bits per heavy atom. The van der Waals surface area contributed by atoms with Gasteiger partial charge in [-0.25, -0.2) is 4.39 Å². The van der Waals surface area contributed by atoms with Gasteiger partial charge in [-0.3, -0.25) is 0 Å². The van der Waals surface area contributed by atoms with Crippen molar-refractivity contribution >= 4 is 12.6 Å². The van der Waals surface area contributed by atoms with Crippen LogP contribution in [-0.2, 0) is 0 Å². The van der Waals surface area contributed by atoms with Crippen molar-refractivity contribution in [2.24, 2.45) is 0 Å². The average Bonchev–Trinajstić information content (AvgIpc) is 2.12. The molecule has 0 fully saturated rings. The average molecular weight is 200 g/mol. The molecule has 1 aromatic carbocycles. The summed E-state index contributed by atoms with van der Waals surface area (Å²) in [6.07, 6.45) is 0. The second kappa shape index (κ2) is 7.53. The molecule has 0 saturated heterocycles. The maximum Gasteiger partial charge on any atom is 0.491 e. The summed E-state index contributed by atoms with van der Waals surface area (Å²) in [7, 11) is -1.73. The van der Waals surface area contributed by atoms with Gasteiger partial charge in [-0.05, 0) is 13.0 Å². The van der Waals surface area contributed by atoms with Gasteiger partial charge in [-0.15, -0.1) is 0 Å². The summed E-state index contributed by atoms with van der Waals surface area (Å²) in [5.41, 5.74) is 0.722. The molecule has 0 heterocycles. The van der Waals surface area contributed by atoms with E-state index in [9.17, 15) is 4.39 Å². The van der Waals surface area contributed by atoms with Gasteiger partial charge in [-0.1, -0.05) is 39.0 Å². The van der Waals surface area contributed by atoms with Gasteiger partial charge in [0.1, 0.15) is 5.82 Å². The highest BCUT2D eigenvalue weighted by atomic mass is 19.1. The Hall–Kier alpha value is -0.865. The fraction of sp³-hybridized carbons (Fsp3) is 0.400. The van der Waals surface area contributed by atoms with E-state index < -0.39 is 12.9 Å². The van der Waals surface area contributed by atoms with Crippen LogP contribution in [0.4, 0.5) is 4.39 Å². The van der Waals surface area contributed by atoms with E-state index in [1.54, 1.807) is 13.0 Å². The molecule has 0 saturated carbocycles. The van der Waals surface area contributed by atoms with Crippen LogP contribution >= 0.6 is 0 Å². The maximum atomic E-state index is 12.7. The van der Waals surface area contributed by atoms with E-state index in [0.717, 1.165) is 5.56 Å². The lowest BCUT2D eigenvalue weighted by Crippen LogP contribution is -2.32. The third kappa shape index (κ3) is 4.39. The SMILES string of the molecule is C.CC.Cc1ccc(F)c(B(O)O)c1. The number of halogens is 1. The number of hydrogen-bond donors (Lipinski definition) is 2. The molecule has 0 aliphatic rings. The van der Waals surface area contributed by atoms with Crippen LogP contribution in [0, 0.1) is 12.7 Å². The first-order chi connectivity index (χ1) is 6.11. The van der Waals surface area contributed by atoms with E-state index in [0.29, 0.717) is 0 Å². The fourth-order valence-electron chi connectivity index (χ4n) is 0.861. The first-order valence-corrected chi connectivity index (χ1v) is 4.23. The molecule has 0 bridgehead atoms. The summed E-state index contributed by atoms with van der Waals surface area (Å²) in [4.78, 5) is 0. The number of benzene rings is 1. The smallest absolute Gasteiger partial charge is 0.423 e. The number of aryl methyl sites for hydroxylation is 1. The summed E-state index contributed by atoms with van der Waals surface area (Å²) < 4.78 is 12.7. The zero-order chi connectivity index (χ0) is 10.4. The Morgan fingerprint density at radius 1 is 1.21 bits per heavy atom. The van der Waals surface area contributed by atoms with Crippen LogP contribution in [0.3, 0.4) is 0 Å². The van der Waals surface area contributed by atoms with Crippen LogP contribution < -0.4 is 5.46 Å². The zero-order valence-corrected chi connectivity index (χ0v) is 8.08. The van der Waals surface area contributed by atoms with E-state index >= 15 is 0 Å². The maximum absolute atomic E-state index is 12.7. The Morgan fingerprint density at radius 2 is 1.71 bits per heavy atom. The minimum Gasteiger partial charge on any atom is -0.423 e. The molecule has 0 atom stereocenters. The monoisotopic (exact) mass is 200 g/mol. The van der Waals surface area contributed by atoms with Crippen LogP contribution in [0.1, 0.15) is 26.8 Å². The normalized spacial score (nSPS) is 8.14. The predicted octanol–water partition coefficient (Wildman–Crippen LogP) is 1.48. The van der Waals surface area contributed by atoms with Crippen molar-refractivity contribution in [2.45, 2.75) is 28.2 Å². The molecule has 0 amide bonds. The molecule has 14 heavy (non-hydrogen) atoms. The van der Waals surface area contributed by atoms with Crippen LogP contribution in [0.15, 0.2) is 18.2 Å². The van der Waals surface area contributed by atoms with Crippen molar-refractivity contribution in [1.29, 1.82) is 0 Å². The molecular formula is C10H18BFO2. The summed E-state index contributed by atoms with van der Waals surface area (Å²) >= 11 is 0. The molecule has 0 unspecified atom stereocenters. The Bertz CT molecular complexity index is 264. The third-order valence-corrected chi connectivity index (χ3v) is 1.43. The Labute approximate surface area is 85.5 Å². The van der Waals surface area contributed by atoms with Crippen molar-refractivity contribution in [2.75, 3.05) is 0 Å². The number of hydrogen-bond acceptors (Lipinski definition) is 2. The van der Waals surface area contributed by atoms with Crippen molar-refractivity contribution in [3.8, 4) is 0 Å². The first-order valence-electron chi connectivity index (χ1n) is 4.23. The van der Waals surface area contributed by atoms with Gasteiger partial charge in [0.15, 0.2) is 0 Å². The first kappa shape index (κ1) is 15.6. The third-order valence-electron chi connectivity index (χ3n) is 1.43. The summed E-state index contributed by atoms with van der Waals surface area (Å²) in [5.74, 6) is -0.592. The molecule has 0 radical (unpaired) electrons. The van der Waals surface area contributed by atoms with Gasteiger partial charge in [0.2, 0.25) is 0 Å². The molecule has 0 spiro atoms. The lowest BCUT2D eigenvalue weighted by Gasteiger charge is -2.01. The molecule has 80 valence electrons. The van der Waals surface area contributed by atoms with Crippen molar-refractivity contribution < 1.29 is 14.4 Å². The zero-order valence-electron chi connectivity index (χ0n) is 8.08. The van der Waals surface area contributed by atoms with Crippen LogP contribution in [0.2, 0.25) is 0 Å². The van der Waals surface area contributed by atoms with Gasteiger partial charge in [0, 0.05) is 5.46 Å². The minimum atomic E-state index is -1.73. The molecule has 2 N–H and O–H groups in total. The minimum absolute atomic E-state index is 0. The van der Waals surface area contributed by atoms with Crippen LogP contribution in [0.5, 0.6) is 0 Å². The van der Waals surface area contributed by atoms with E-state index in [1.807, 2.05) is 13.8 Å². The van der Waals surface area contributed by atoms with E-state index in [1.165, 1.54) is 12.1 Å². The van der Waals surface area contributed by atoms with Gasteiger partial charge >= 0.3 is 7.12 Å². The van der Waals surface area contributed by atoms with Crippen molar-refractivity contribution in [1.82, 2.24) is 0 Å². The standard InChI is InChI=1S/C7H8BFO2.C2H6.CH4/c1-5-2-3-7(9)6(4-5)8(10)11;1-2;/h2-4,10-11H,1H3;1-2H3;1H4. The fourth-order valence-corrected chi connectivity index (χ4v) is 0.861. The Balaban J connectivity index is 0. The predicted molar refractivity (Wildman–Crippen MR) is 59.0 cm³/mol. The molecule has 4 heteroatoms. The highest BCUT2D eigenvalue weighted by Gasteiger charge is 2.15. The molecule has 0 aromatic heterocycles. The summed E-state index contributed by atoms with van der Waals surface area (Å²) in [5, 5.41) is 17.3. The van der Waals surface area contributed by atoms with E-state index in [-0.39, 0.29) is 12.9 Å². The lowest BCUT2D eigenvalue weighted by molar-refractivity contribution is 0.423. The largest absolute Gasteiger partial charge is 0.491 e. The topological polar surface area (TPSA) is 40.5 Å².